The van der Waals surface area contributed by atoms with Gasteiger partial charge in [0.05, 0.1) is 41.8 Å². The molecule has 3 N–H and O–H groups in total. The van der Waals surface area contributed by atoms with E-state index in [1.165, 1.54) is 24.5 Å². The van der Waals surface area contributed by atoms with Gasteiger partial charge in [-0.3, -0.25) is 4.79 Å². The van der Waals surface area contributed by atoms with Crippen molar-refractivity contribution in [1.82, 2.24) is 8.96 Å². The van der Waals surface area contributed by atoms with Crippen molar-refractivity contribution in [2.45, 2.75) is 29.4 Å². The van der Waals surface area contributed by atoms with Gasteiger partial charge in [-0.25, -0.2) is 17.4 Å². The highest BCUT2D eigenvalue weighted by Crippen LogP contribution is 2.40. The number of aromatic nitrogens is 2. The van der Waals surface area contributed by atoms with E-state index in [9.17, 15) is 18.3 Å². The van der Waals surface area contributed by atoms with E-state index in [2.05, 4.69) is 15.6 Å². The maximum atomic E-state index is 13.1. The molecule has 0 unspecified atom stereocenters. The van der Waals surface area contributed by atoms with Gasteiger partial charge >= 0.3 is 0 Å². The summed E-state index contributed by atoms with van der Waals surface area (Å²) in [5.74, 6) is -0.233. The number of aliphatic hydroxyl groups excluding tert-OH is 1. The molecule has 5 rings (SSSR count). The van der Waals surface area contributed by atoms with Gasteiger partial charge in [0.15, 0.2) is 5.65 Å². The molecule has 0 radical (unpaired) electrons. The number of ether oxygens (including phenoxy) is 1. The maximum absolute atomic E-state index is 13.1. The molecule has 1 aromatic carbocycles. The minimum Gasteiger partial charge on any atom is -0.394 e. The van der Waals surface area contributed by atoms with Gasteiger partial charge < -0.3 is 20.5 Å². The number of benzene rings is 1. The van der Waals surface area contributed by atoms with Crippen LogP contribution >= 0.6 is 0 Å². The summed E-state index contributed by atoms with van der Waals surface area (Å²) < 4.78 is 33.0. The number of carbonyl (C=O) groups is 1. The fraction of sp³-hybridized carbons (Fsp3) is 0.300. The summed E-state index contributed by atoms with van der Waals surface area (Å²) in [6.07, 6.45) is 3.64. The van der Waals surface area contributed by atoms with E-state index in [4.69, 9.17) is 4.74 Å². The van der Waals surface area contributed by atoms with Crippen molar-refractivity contribution in [3.05, 3.63) is 48.8 Å². The topological polar surface area (TPSA) is 123 Å². The molecule has 3 aromatic rings. The summed E-state index contributed by atoms with van der Waals surface area (Å²) >= 11 is 0. The molecule has 0 saturated carbocycles. The summed E-state index contributed by atoms with van der Waals surface area (Å²) in [6, 6.07) is 9.81. The Morgan fingerprint density at radius 1 is 1.27 bits per heavy atom. The Bertz CT molecular complexity index is 1230. The molecular formula is C20H20N4O5S. The number of anilines is 2. The number of hydrogen-bond acceptors (Lipinski definition) is 7. The van der Waals surface area contributed by atoms with Crippen LogP contribution in [-0.2, 0) is 19.6 Å². The first-order valence-corrected chi connectivity index (χ1v) is 11.0. The van der Waals surface area contributed by atoms with Crippen LogP contribution < -0.4 is 10.6 Å². The molecule has 9 nitrogen and oxygen atoms in total. The monoisotopic (exact) mass is 428 g/mol. The first kappa shape index (κ1) is 19.0. The Hall–Kier alpha value is -2.95. The van der Waals surface area contributed by atoms with E-state index in [1.54, 1.807) is 24.3 Å². The molecule has 10 heteroatoms. The highest BCUT2D eigenvalue weighted by atomic mass is 32.2. The molecule has 4 heterocycles. The van der Waals surface area contributed by atoms with Crippen molar-refractivity contribution in [1.29, 1.82) is 0 Å². The lowest BCUT2D eigenvalue weighted by Gasteiger charge is -2.42. The van der Waals surface area contributed by atoms with Crippen LogP contribution in [0, 0.1) is 0 Å². The molecule has 2 aliphatic heterocycles. The molecular weight excluding hydrogens is 408 g/mol. The van der Waals surface area contributed by atoms with Gasteiger partial charge in [-0.05, 0) is 31.0 Å². The molecule has 156 valence electrons. The molecule has 2 aliphatic rings. The van der Waals surface area contributed by atoms with Gasteiger partial charge in [0.2, 0.25) is 0 Å². The highest BCUT2D eigenvalue weighted by Gasteiger charge is 2.46. The van der Waals surface area contributed by atoms with Crippen molar-refractivity contribution < 1.29 is 23.1 Å². The van der Waals surface area contributed by atoms with Crippen LogP contribution in [0.3, 0.4) is 0 Å². The van der Waals surface area contributed by atoms with E-state index in [-0.39, 0.29) is 35.8 Å². The lowest BCUT2D eigenvalue weighted by atomic mass is 9.87. The SMILES string of the molecule is O=C1Nc2cnc3c(ccn3S(=O)(=O)c3ccccc3)c2N[C@]12CC[C@H](CO)OC2. The zero-order valence-corrected chi connectivity index (χ0v) is 16.7. The van der Waals surface area contributed by atoms with Crippen molar-refractivity contribution in [2.24, 2.45) is 0 Å². The Morgan fingerprint density at radius 3 is 2.77 bits per heavy atom. The third-order valence-corrected chi connectivity index (χ3v) is 7.37. The van der Waals surface area contributed by atoms with Crippen LogP contribution in [0.5, 0.6) is 0 Å². The average Bonchev–Trinajstić information content (AvgIpc) is 3.21. The standard InChI is InChI=1S/C20H20N4O5S/c25-11-13-6-8-20(12-29-13)19(26)22-16-10-21-18-15(17(16)23-20)7-9-24(18)30(27,28)14-4-2-1-3-5-14/h1-5,7,9-10,13,23,25H,6,8,11-12H2,(H,22,26)/t13-,20+/m1/s1. The smallest absolute Gasteiger partial charge is 0.269 e. The Labute approximate surface area is 172 Å². The van der Waals surface area contributed by atoms with Gasteiger partial charge in [0, 0.05) is 11.6 Å². The Balaban J connectivity index is 1.58. The van der Waals surface area contributed by atoms with Crippen LogP contribution in [0.4, 0.5) is 11.4 Å². The van der Waals surface area contributed by atoms with Crippen molar-refractivity contribution >= 4 is 38.3 Å². The number of nitrogens with one attached hydrogen (secondary N) is 2. The van der Waals surface area contributed by atoms with Crippen molar-refractivity contribution in [3.63, 3.8) is 0 Å². The molecule has 0 bridgehead atoms. The number of carbonyl (C=O) groups excluding carboxylic acids is 1. The number of nitrogens with zero attached hydrogens (tertiary/aromatic N) is 2. The summed E-state index contributed by atoms with van der Waals surface area (Å²) in [5, 5.41) is 16.0. The zero-order chi connectivity index (χ0) is 20.9. The van der Waals surface area contributed by atoms with E-state index >= 15 is 0 Å². The second-order valence-electron chi connectivity index (χ2n) is 7.53. The molecule has 0 aliphatic carbocycles. The van der Waals surface area contributed by atoms with Gasteiger partial charge in [-0.15, -0.1) is 0 Å². The zero-order valence-electron chi connectivity index (χ0n) is 15.9. The van der Waals surface area contributed by atoms with E-state index in [0.29, 0.717) is 29.6 Å². The van der Waals surface area contributed by atoms with Crippen LogP contribution in [0.2, 0.25) is 0 Å². The van der Waals surface area contributed by atoms with Gasteiger partial charge in [-0.2, -0.15) is 0 Å². The molecule has 1 fully saturated rings. The molecule has 1 saturated heterocycles. The Morgan fingerprint density at radius 2 is 2.07 bits per heavy atom. The molecule has 2 aromatic heterocycles. The number of fused-ring (bicyclic) bond motifs is 3. The molecule has 30 heavy (non-hydrogen) atoms. The summed E-state index contributed by atoms with van der Waals surface area (Å²) in [4.78, 5) is 17.2. The second kappa shape index (κ2) is 6.79. The third kappa shape index (κ3) is 2.79. The van der Waals surface area contributed by atoms with Crippen LogP contribution in [0.25, 0.3) is 11.0 Å². The fourth-order valence-electron chi connectivity index (χ4n) is 3.98. The molecule has 1 amide bonds. The average molecular weight is 428 g/mol. The first-order valence-electron chi connectivity index (χ1n) is 9.57. The predicted molar refractivity (Wildman–Crippen MR) is 110 cm³/mol. The molecule has 2 atom stereocenters. The van der Waals surface area contributed by atoms with Crippen LogP contribution in [0.15, 0.2) is 53.7 Å². The molecule has 1 spiro atoms. The summed E-state index contributed by atoms with van der Waals surface area (Å²) in [7, 11) is -3.82. The van der Waals surface area contributed by atoms with Gasteiger partial charge in [-0.1, -0.05) is 18.2 Å². The summed E-state index contributed by atoms with van der Waals surface area (Å²) in [5.41, 5.74) is 0.374. The van der Waals surface area contributed by atoms with Gasteiger partial charge in [0.1, 0.15) is 5.54 Å². The number of pyridine rings is 1. The van der Waals surface area contributed by atoms with Crippen LogP contribution in [-0.4, -0.2) is 53.2 Å². The minimum absolute atomic E-state index is 0.0946. The quantitative estimate of drug-likeness (QED) is 0.578. The van der Waals surface area contributed by atoms with Crippen molar-refractivity contribution in [3.8, 4) is 0 Å². The fourth-order valence-corrected chi connectivity index (χ4v) is 5.30. The van der Waals surface area contributed by atoms with Crippen molar-refractivity contribution in [2.75, 3.05) is 23.8 Å². The number of hydrogen-bond donors (Lipinski definition) is 3. The normalized spacial score (nSPS) is 23.8. The maximum Gasteiger partial charge on any atom is 0.269 e. The van der Waals surface area contributed by atoms with E-state index in [0.717, 1.165) is 3.97 Å². The predicted octanol–water partition coefficient (Wildman–Crippen LogP) is 1.55. The second-order valence-corrected chi connectivity index (χ2v) is 9.34. The number of aliphatic hydroxyl groups is 1. The summed E-state index contributed by atoms with van der Waals surface area (Å²) in [6.45, 7) is 0.0129. The van der Waals surface area contributed by atoms with E-state index < -0.39 is 15.6 Å². The van der Waals surface area contributed by atoms with Crippen LogP contribution in [0.1, 0.15) is 12.8 Å². The largest absolute Gasteiger partial charge is 0.394 e. The number of rotatable bonds is 3. The lowest BCUT2D eigenvalue weighted by Crippen LogP contribution is -2.59. The minimum atomic E-state index is -3.82. The lowest BCUT2D eigenvalue weighted by molar-refractivity contribution is -0.128. The third-order valence-electron chi connectivity index (χ3n) is 5.69. The van der Waals surface area contributed by atoms with Gasteiger partial charge in [0.25, 0.3) is 15.9 Å². The highest BCUT2D eigenvalue weighted by molar-refractivity contribution is 7.90. The Kier molecular flexibility index (Phi) is 4.31. The van der Waals surface area contributed by atoms with E-state index in [1.807, 2.05) is 0 Å². The first-order chi connectivity index (χ1) is 14.4. The number of amides is 1.